The molecule has 0 aromatic heterocycles. The van der Waals surface area contributed by atoms with Gasteiger partial charge in [0.15, 0.2) is 0 Å². The summed E-state index contributed by atoms with van der Waals surface area (Å²) < 4.78 is 5.71. The summed E-state index contributed by atoms with van der Waals surface area (Å²) >= 11 is 5.53. The minimum absolute atomic E-state index is 0.286. The van der Waals surface area contributed by atoms with Gasteiger partial charge in [-0.1, -0.05) is 34.8 Å². The minimum atomic E-state index is -0.286. The third-order valence-corrected chi connectivity index (χ3v) is 5.52. The number of ether oxygens (including phenoxy) is 1. The molecular weight excluding hydrogens is 324 g/mol. The topological polar surface area (TPSA) is 26.3 Å². The van der Waals surface area contributed by atoms with Gasteiger partial charge in [0.1, 0.15) is 0 Å². The molecule has 0 heterocycles. The van der Waals surface area contributed by atoms with E-state index in [1.807, 2.05) is 30.0 Å². The lowest BCUT2D eigenvalue weighted by Gasteiger charge is -2.10. The van der Waals surface area contributed by atoms with Gasteiger partial charge in [0.25, 0.3) is 0 Å². The zero-order valence-corrected chi connectivity index (χ0v) is 13.6. The summed E-state index contributed by atoms with van der Waals surface area (Å²) in [7, 11) is 1.40. The number of benzene rings is 1. The molecule has 0 aliphatic heterocycles. The van der Waals surface area contributed by atoms with E-state index in [0.29, 0.717) is 5.56 Å². The first-order valence-corrected chi connectivity index (χ1v) is 8.60. The molecule has 0 radical (unpaired) electrons. The SMILES string of the molecule is COC(=O)c1ccc(CSCC2CCCC2)c(Br)c1. The van der Waals surface area contributed by atoms with E-state index < -0.39 is 0 Å². The maximum Gasteiger partial charge on any atom is 0.337 e. The summed E-state index contributed by atoms with van der Waals surface area (Å²) in [4.78, 5) is 11.4. The summed E-state index contributed by atoms with van der Waals surface area (Å²) in [6.07, 6.45) is 5.61. The third kappa shape index (κ3) is 4.25. The van der Waals surface area contributed by atoms with E-state index in [-0.39, 0.29) is 5.97 Å². The first kappa shape index (κ1) is 14.9. The second-order valence-electron chi connectivity index (χ2n) is 4.96. The van der Waals surface area contributed by atoms with Crippen LogP contribution in [0.5, 0.6) is 0 Å². The molecule has 0 atom stereocenters. The van der Waals surface area contributed by atoms with Gasteiger partial charge in [-0.3, -0.25) is 0 Å². The number of hydrogen-bond donors (Lipinski definition) is 0. The van der Waals surface area contributed by atoms with Gasteiger partial charge in [0, 0.05) is 10.2 Å². The summed E-state index contributed by atoms with van der Waals surface area (Å²) in [6.45, 7) is 0. The van der Waals surface area contributed by atoms with Crippen LogP contribution < -0.4 is 0 Å². The van der Waals surface area contributed by atoms with E-state index in [1.165, 1.54) is 44.1 Å². The summed E-state index contributed by atoms with van der Waals surface area (Å²) in [5.74, 6) is 2.88. The average Bonchev–Trinajstić information content (AvgIpc) is 2.93. The largest absolute Gasteiger partial charge is 0.465 e. The lowest BCUT2D eigenvalue weighted by atomic mass is 10.1. The minimum Gasteiger partial charge on any atom is -0.465 e. The van der Waals surface area contributed by atoms with Gasteiger partial charge < -0.3 is 4.74 Å². The molecule has 19 heavy (non-hydrogen) atoms. The Morgan fingerprint density at radius 3 is 2.79 bits per heavy atom. The van der Waals surface area contributed by atoms with Crippen LogP contribution in [0.4, 0.5) is 0 Å². The Bertz CT molecular complexity index is 442. The van der Waals surface area contributed by atoms with Gasteiger partial charge in [0.05, 0.1) is 12.7 Å². The van der Waals surface area contributed by atoms with Gasteiger partial charge in [0.2, 0.25) is 0 Å². The Morgan fingerprint density at radius 1 is 1.42 bits per heavy atom. The molecule has 0 unspecified atom stereocenters. The number of halogens is 1. The van der Waals surface area contributed by atoms with Gasteiger partial charge >= 0.3 is 5.97 Å². The van der Waals surface area contributed by atoms with Crippen molar-refractivity contribution < 1.29 is 9.53 Å². The normalized spacial score (nSPS) is 15.7. The number of methoxy groups -OCH3 is 1. The second kappa shape index (κ2) is 7.34. The molecule has 4 heteroatoms. The lowest BCUT2D eigenvalue weighted by Crippen LogP contribution is -2.02. The summed E-state index contributed by atoms with van der Waals surface area (Å²) in [6, 6.07) is 5.69. The van der Waals surface area contributed by atoms with Crippen molar-refractivity contribution in [2.24, 2.45) is 5.92 Å². The van der Waals surface area contributed by atoms with Gasteiger partial charge in [-0.05, 0) is 42.2 Å². The molecule has 1 aliphatic carbocycles. The number of carbonyl (C=O) groups is 1. The van der Waals surface area contributed by atoms with Crippen LogP contribution in [0, 0.1) is 5.92 Å². The fourth-order valence-electron chi connectivity index (χ4n) is 2.42. The monoisotopic (exact) mass is 342 g/mol. The van der Waals surface area contributed by atoms with Crippen LogP contribution in [0.25, 0.3) is 0 Å². The third-order valence-electron chi connectivity index (χ3n) is 3.56. The fraction of sp³-hybridized carbons (Fsp3) is 0.533. The molecule has 104 valence electrons. The number of esters is 1. The van der Waals surface area contributed by atoms with Crippen LogP contribution >= 0.6 is 27.7 Å². The van der Waals surface area contributed by atoms with E-state index in [0.717, 1.165) is 16.1 Å². The van der Waals surface area contributed by atoms with Gasteiger partial charge in [-0.2, -0.15) is 11.8 Å². The van der Waals surface area contributed by atoms with Crippen molar-refractivity contribution in [1.29, 1.82) is 0 Å². The van der Waals surface area contributed by atoms with Crippen molar-refractivity contribution in [3.8, 4) is 0 Å². The first-order valence-electron chi connectivity index (χ1n) is 6.65. The molecule has 0 N–H and O–H groups in total. The van der Waals surface area contributed by atoms with E-state index in [9.17, 15) is 4.79 Å². The standard InChI is InChI=1S/C15H19BrO2S/c1-18-15(17)12-6-7-13(14(16)8-12)10-19-9-11-4-2-3-5-11/h6-8,11H,2-5,9-10H2,1H3. The highest BCUT2D eigenvalue weighted by Crippen LogP contribution is 2.30. The molecule has 0 amide bonds. The van der Waals surface area contributed by atoms with Crippen LogP contribution in [0.3, 0.4) is 0 Å². The highest BCUT2D eigenvalue weighted by atomic mass is 79.9. The zero-order valence-electron chi connectivity index (χ0n) is 11.2. The lowest BCUT2D eigenvalue weighted by molar-refractivity contribution is 0.0600. The highest BCUT2D eigenvalue weighted by molar-refractivity contribution is 9.10. The summed E-state index contributed by atoms with van der Waals surface area (Å²) in [5, 5.41) is 0. The maximum absolute atomic E-state index is 11.4. The van der Waals surface area contributed by atoms with Gasteiger partial charge in [-0.25, -0.2) is 4.79 Å². The Morgan fingerprint density at radius 2 is 2.16 bits per heavy atom. The molecule has 0 saturated heterocycles. The molecule has 2 nitrogen and oxygen atoms in total. The van der Waals surface area contributed by atoms with E-state index in [1.54, 1.807) is 0 Å². The number of thioether (sulfide) groups is 1. The number of hydrogen-bond acceptors (Lipinski definition) is 3. The zero-order chi connectivity index (χ0) is 13.7. The molecule has 1 saturated carbocycles. The van der Waals surface area contributed by atoms with Crippen molar-refractivity contribution in [2.75, 3.05) is 12.9 Å². The average molecular weight is 343 g/mol. The van der Waals surface area contributed by atoms with E-state index in [4.69, 9.17) is 4.74 Å². The first-order chi connectivity index (χ1) is 9.20. The number of rotatable bonds is 5. The van der Waals surface area contributed by atoms with Crippen LogP contribution in [0.1, 0.15) is 41.6 Å². The van der Waals surface area contributed by atoms with E-state index in [2.05, 4.69) is 15.9 Å². The van der Waals surface area contributed by atoms with Crippen molar-refractivity contribution >= 4 is 33.7 Å². The molecule has 0 spiro atoms. The molecule has 1 aliphatic rings. The molecule has 0 bridgehead atoms. The van der Waals surface area contributed by atoms with Crippen LogP contribution in [0.2, 0.25) is 0 Å². The predicted molar refractivity (Wildman–Crippen MR) is 83.6 cm³/mol. The van der Waals surface area contributed by atoms with Crippen molar-refractivity contribution in [3.05, 3.63) is 33.8 Å². The Hall–Kier alpha value is -0.480. The molecule has 1 aromatic carbocycles. The van der Waals surface area contributed by atoms with E-state index >= 15 is 0 Å². The highest BCUT2D eigenvalue weighted by Gasteiger charge is 2.15. The fourth-order valence-corrected chi connectivity index (χ4v) is 4.38. The molecular formula is C15H19BrO2S. The van der Waals surface area contributed by atoms with Crippen LogP contribution in [0.15, 0.2) is 22.7 Å². The smallest absolute Gasteiger partial charge is 0.337 e. The quantitative estimate of drug-likeness (QED) is 0.728. The Balaban J connectivity index is 1.87. The number of carbonyl (C=O) groups excluding carboxylic acids is 1. The van der Waals surface area contributed by atoms with Crippen molar-refractivity contribution in [1.82, 2.24) is 0 Å². The Kier molecular flexibility index (Phi) is 5.76. The van der Waals surface area contributed by atoms with Crippen LogP contribution in [-0.4, -0.2) is 18.8 Å². The maximum atomic E-state index is 11.4. The van der Waals surface area contributed by atoms with Crippen molar-refractivity contribution in [2.45, 2.75) is 31.4 Å². The van der Waals surface area contributed by atoms with Gasteiger partial charge in [-0.15, -0.1) is 0 Å². The van der Waals surface area contributed by atoms with Crippen LogP contribution in [-0.2, 0) is 10.5 Å². The predicted octanol–water partition coefficient (Wildman–Crippen LogP) is 4.66. The molecule has 2 rings (SSSR count). The summed E-state index contributed by atoms with van der Waals surface area (Å²) in [5.41, 5.74) is 1.84. The van der Waals surface area contributed by atoms with Crippen molar-refractivity contribution in [3.63, 3.8) is 0 Å². The Labute approximate surface area is 127 Å². The molecule has 1 aromatic rings. The molecule has 1 fully saturated rings. The second-order valence-corrected chi connectivity index (χ2v) is 6.85.